The molecule has 22 heavy (non-hydrogen) atoms. The van der Waals surface area contributed by atoms with Crippen molar-refractivity contribution in [3.8, 4) is 11.3 Å². The van der Waals surface area contributed by atoms with Crippen molar-refractivity contribution < 1.29 is 14.6 Å². The van der Waals surface area contributed by atoms with Gasteiger partial charge in [0.05, 0.1) is 24.4 Å². The Kier molecular flexibility index (Phi) is 3.94. The van der Waals surface area contributed by atoms with E-state index in [1.54, 1.807) is 11.5 Å². The lowest BCUT2D eigenvalue weighted by molar-refractivity contribution is 0.155. The van der Waals surface area contributed by atoms with Crippen LogP contribution in [-0.4, -0.2) is 22.4 Å². The molecule has 1 heterocycles. The summed E-state index contributed by atoms with van der Waals surface area (Å²) < 4.78 is 6.78. The SMILES string of the molecule is CCOC(=O)n1c(-c2ccc(CO)cc2)cc2ccccc21. The Morgan fingerprint density at radius 1 is 1.14 bits per heavy atom. The fourth-order valence-electron chi connectivity index (χ4n) is 2.53. The molecule has 4 nitrogen and oxygen atoms in total. The second-order valence-electron chi connectivity index (χ2n) is 4.98. The van der Waals surface area contributed by atoms with Gasteiger partial charge in [0.2, 0.25) is 0 Å². The molecule has 3 aromatic rings. The molecule has 0 fully saturated rings. The average Bonchev–Trinajstić information content (AvgIpc) is 2.94. The Balaban J connectivity index is 2.18. The number of hydrogen-bond donors (Lipinski definition) is 1. The van der Waals surface area contributed by atoms with E-state index in [9.17, 15) is 4.79 Å². The molecule has 0 aliphatic heterocycles. The fourth-order valence-corrected chi connectivity index (χ4v) is 2.53. The van der Waals surface area contributed by atoms with Gasteiger partial charge < -0.3 is 9.84 Å². The van der Waals surface area contributed by atoms with E-state index in [2.05, 4.69) is 0 Å². The van der Waals surface area contributed by atoms with Crippen LogP contribution in [0.3, 0.4) is 0 Å². The van der Waals surface area contributed by atoms with Crippen molar-refractivity contribution in [2.75, 3.05) is 6.61 Å². The van der Waals surface area contributed by atoms with Crippen molar-refractivity contribution in [3.05, 3.63) is 60.2 Å². The third-order valence-electron chi connectivity index (χ3n) is 3.59. The predicted molar refractivity (Wildman–Crippen MR) is 85.7 cm³/mol. The standard InChI is InChI=1S/C18H17NO3/c1-2-22-18(21)19-16-6-4-3-5-15(16)11-17(19)14-9-7-13(12-20)8-10-14/h3-11,20H,2,12H2,1H3. The van der Waals surface area contributed by atoms with Crippen LogP contribution in [0.25, 0.3) is 22.2 Å². The summed E-state index contributed by atoms with van der Waals surface area (Å²) in [5.41, 5.74) is 3.34. The number of nitrogens with zero attached hydrogens (tertiary/aromatic N) is 1. The Morgan fingerprint density at radius 3 is 2.55 bits per heavy atom. The van der Waals surface area contributed by atoms with E-state index in [0.717, 1.165) is 27.7 Å². The van der Waals surface area contributed by atoms with Gasteiger partial charge >= 0.3 is 6.09 Å². The van der Waals surface area contributed by atoms with Gasteiger partial charge in [-0.15, -0.1) is 0 Å². The van der Waals surface area contributed by atoms with Gasteiger partial charge in [0, 0.05) is 5.39 Å². The molecule has 0 atom stereocenters. The molecule has 0 radical (unpaired) electrons. The van der Waals surface area contributed by atoms with Gasteiger partial charge in [-0.3, -0.25) is 0 Å². The molecule has 1 aromatic heterocycles. The summed E-state index contributed by atoms with van der Waals surface area (Å²) in [7, 11) is 0. The summed E-state index contributed by atoms with van der Waals surface area (Å²) in [6.45, 7) is 2.12. The number of carbonyl (C=O) groups excluding carboxylic acids is 1. The minimum Gasteiger partial charge on any atom is -0.449 e. The van der Waals surface area contributed by atoms with Gasteiger partial charge in [-0.2, -0.15) is 0 Å². The number of fused-ring (bicyclic) bond motifs is 1. The van der Waals surface area contributed by atoms with Crippen molar-refractivity contribution in [2.24, 2.45) is 0 Å². The lowest BCUT2D eigenvalue weighted by Crippen LogP contribution is -2.14. The normalized spacial score (nSPS) is 10.8. The topological polar surface area (TPSA) is 51.5 Å². The molecule has 112 valence electrons. The highest BCUT2D eigenvalue weighted by atomic mass is 16.5. The Hall–Kier alpha value is -2.59. The third-order valence-corrected chi connectivity index (χ3v) is 3.59. The fraction of sp³-hybridized carbons (Fsp3) is 0.167. The van der Waals surface area contributed by atoms with Gasteiger partial charge in [0.15, 0.2) is 0 Å². The van der Waals surface area contributed by atoms with Crippen molar-refractivity contribution in [3.63, 3.8) is 0 Å². The van der Waals surface area contributed by atoms with E-state index < -0.39 is 0 Å². The van der Waals surface area contributed by atoms with Crippen molar-refractivity contribution in [2.45, 2.75) is 13.5 Å². The Bertz CT molecular complexity index is 803. The first-order valence-electron chi connectivity index (χ1n) is 7.22. The van der Waals surface area contributed by atoms with Gasteiger partial charge in [0.25, 0.3) is 0 Å². The van der Waals surface area contributed by atoms with Crippen LogP contribution < -0.4 is 0 Å². The molecule has 0 unspecified atom stereocenters. The molecule has 0 saturated carbocycles. The Labute approximate surface area is 128 Å². The summed E-state index contributed by atoms with van der Waals surface area (Å²) in [6, 6.07) is 17.2. The van der Waals surface area contributed by atoms with Crippen LogP contribution in [0.5, 0.6) is 0 Å². The molecular formula is C18H17NO3. The van der Waals surface area contributed by atoms with E-state index >= 15 is 0 Å². The van der Waals surface area contributed by atoms with Gasteiger partial charge in [-0.1, -0.05) is 42.5 Å². The highest BCUT2D eigenvalue weighted by Crippen LogP contribution is 2.28. The number of rotatable bonds is 3. The van der Waals surface area contributed by atoms with Crippen LogP contribution in [0.4, 0.5) is 4.79 Å². The molecule has 3 rings (SSSR count). The molecule has 0 aliphatic carbocycles. The summed E-state index contributed by atoms with van der Waals surface area (Å²) in [4.78, 5) is 12.3. The van der Waals surface area contributed by atoms with E-state index in [1.165, 1.54) is 0 Å². The second-order valence-corrected chi connectivity index (χ2v) is 4.98. The van der Waals surface area contributed by atoms with Gasteiger partial charge in [-0.25, -0.2) is 9.36 Å². The number of hydrogen-bond acceptors (Lipinski definition) is 3. The monoisotopic (exact) mass is 295 g/mol. The van der Waals surface area contributed by atoms with Crippen LogP contribution in [0.15, 0.2) is 54.6 Å². The first kappa shape index (κ1) is 14.4. The summed E-state index contributed by atoms with van der Waals surface area (Å²) in [5.74, 6) is 0. The largest absolute Gasteiger partial charge is 0.449 e. The highest BCUT2D eigenvalue weighted by molar-refractivity contribution is 5.96. The van der Waals surface area contributed by atoms with E-state index in [4.69, 9.17) is 9.84 Å². The maximum atomic E-state index is 12.3. The lowest BCUT2D eigenvalue weighted by atomic mass is 10.1. The maximum absolute atomic E-state index is 12.3. The van der Waals surface area contributed by atoms with Gasteiger partial charge in [-0.05, 0) is 30.2 Å². The molecule has 0 aliphatic rings. The number of ether oxygens (including phenoxy) is 1. The molecule has 2 aromatic carbocycles. The molecule has 0 amide bonds. The number of aliphatic hydroxyl groups is 1. The zero-order valence-electron chi connectivity index (χ0n) is 12.3. The zero-order valence-corrected chi connectivity index (χ0v) is 12.3. The maximum Gasteiger partial charge on any atom is 0.418 e. The van der Waals surface area contributed by atoms with Crippen LogP contribution in [0, 0.1) is 0 Å². The summed E-state index contributed by atoms with van der Waals surface area (Å²) in [6.07, 6.45) is -0.384. The molecular weight excluding hydrogens is 278 g/mol. The minimum atomic E-state index is -0.384. The van der Waals surface area contributed by atoms with Crippen LogP contribution >= 0.6 is 0 Å². The molecule has 4 heteroatoms. The van der Waals surface area contributed by atoms with Crippen LogP contribution in [0.1, 0.15) is 12.5 Å². The number of aliphatic hydroxyl groups excluding tert-OH is 1. The van der Waals surface area contributed by atoms with Crippen LogP contribution in [0.2, 0.25) is 0 Å². The molecule has 0 bridgehead atoms. The van der Waals surface area contributed by atoms with E-state index in [0.29, 0.717) is 6.61 Å². The Morgan fingerprint density at radius 2 is 1.86 bits per heavy atom. The summed E-state index contributed by atoms with van der Waals surface area (Å²) >= 11 is 0. The quantitative estimate of drug-likeness (QED) is 0.799. The number of carbonyl (C=O) groups is 1. The first-order chi connectivity index (χ1) is 10.7. The smallest absolute Gasteiger partial charge is 0.418 e. The van der Waals surface area contributed by atoms with Gasteiger partial charge in [0.1, 0.15) is 0 Å². The predicted octanol–water partition coefficient (Wildman–Crippen LogP) is 3.81. The van der Waals surface area contributed by atoms with E-state index in [-0.39, 0.29) is 12.7 Å². The first-order valence-corrected chi connectivity index (χ1v) is 7.22. The van der Waals surface area contributed by atoms with E-state index in [1.807, 2.05) is 54.6 Å². The summed E-state index contributed by atoms with van der Waals surface area (Å²) in [5, 5.41) is 10.1. The molecule has 0 spiro atoms. The minimum absolute atomic E-state index is 0.00113. The van der Waals surface area contributed by atoms with Crippen molar-refractivity contribution in [1.82, 2.24) is 4.57 Å². The number of para-hydroxylation sites is 1. The number of aromatic nitrogens is 1. The lowest BCUT2D eigenvalue weighted by Gasteiger charge is -2.09. The van der Waals surface area contributed by atoms with Crippen molar-refractivity contribution in [1.29, 1.82) is 0 Å². The molecule has 0 saturated heterocycles. The number of benzene rings is 2. The average molecular weight is 295 g/mol. The van der Waals surface area contributed by atoms with Crippen molar-refractivity contribution >= 4 is 17.0 Å². The molecule has 1 N–H and O–H groups in total. The van der Waals surface area contributed by atoms with Crippen LogP contribution in [-0.2, 0) is 11.3 Å². The zero-order chi connectivity index (χ0) is 15.5. The third kappa shape index (κ3) is 2.49. The highest BCUT2D eigenvalue weighted by Gasteiger charge is 2.17. The second kappa shape index (κ2) is 6.03.